The predicted octanol–water partition coefficient (Wildman–Crippen LogP) is 2.18. The quantitative estimate of drug-likeness (QED) is 0.881. The highest BCUT2D eigenvalue weighted by Gasteiger charge is 2.21. The van der Waals surface area contributed by atoms with Crippen LogP contribution in [0.15, 0.2) is 30.7 Å². The lowest BCUT2D eigenvalue weighted by atomic mass is 10.2. The number of aliphatic hydroxyl groups is 1. The van der Waals surface area contributed by atoms with Gasteiger partial charge in [-0.15, -0.1) is 0 Å². The van der Waals surface area contributed by atoms with Gasteiger partial charge in [-0.3, -0.25) is 0 Å². The fourth-order valence-corrected chi connectivity index (χ4v) is 2.60. The Labute approximate surface area is 136 Å². The number of aromatic nitrogens is 3. The predicted molar refractivity (Wildman–Crippen MR) is 91.4 cm³/mol. The number of anilines is 2. The largest absolute Gasteiger partial charge is 0.391 e. The molecular weight excluding hydrogens is 290 g/mol. The van der Waals surface area contributed by atoms with Gasteiger partial charge in [-0.1, -0.05) is 13.8 Å². The zero-order valence-electron chi connectivity index (χ0n) is 13.6. The fourth-order valence-electron chi connectivity index (χ4n) is 2.60. The molecule has 3 heterocycles. The molecule has 6 heteroatoms. The second-order valence-electron chi connectivity index (χ2n) is 6.36. The number of hydrogen-bond donors (Lipinski definition) is 2. The van der Waals surface area contributed by atoms with Crippen LogP contribution < -0.4 is 10.2 Å². The molecule has 1 aliphatic rings. The smallest absolute Gasteiger partial charge is 0.129 e. The fraction of sp³-hybridized carbons (Fsp3) is 0.471. The highest BCUT2D eigenvalue weighted by atomic mass is 16.3. The summed E-state index contributed by atoms with van der Waals surface area (Å²) in [5, 5.41) is 12.9. The summed E-state index contributed by atoms with van der Waals surface area (Å²) in [4.78, 5) is 15.2. The molecule has 3 rings (SSSR count). The van der Waals surface area contributed by atoms with E-state index in [0.717, 1.165) is 42.4 Å². The van der Waals surface area contributed by atoms with E-state index in [1.165, 1.54) is 0 Å². The summed E-state index contributed by atoms with van der Waals surface area (Å²) in [7, 11) is 0. The van der Waals surface area contributed by atoms with Gasteiger partial charge in [0.25, 0.3) is 0 Å². The van der Waals surface area contributed by atoms with Crippen LogP contribution in [0.2, 0.25) is 0 Å². The van der Waals surface area contributed by atoms with Crippen LogP contribution in [0.4, 0.5) is 11.6 Å². The molecule has 0 saturated carbocycles. The molecule has 0 aromatic carbocycles. The van der Waals surface area contributed by atoms with Gasteiger partial charge in [-0.2, -0.15) is 0 Å². The Hall–Kier alpha value is -2.21. The first-order valence-electron chi connectivity index (χ1n) is 8.07. The number of rotatable bonds is 5. The van der Waals surface area contributed by atoms with Crippen LogP contribution in [0.3, 0.4) is 0 Å². The average molecular weight is 313 g/mol. The Kier molecular flexibility index (Phi) is 4.71. The van der Waals surface area contributed by atoms with E-state index in [1.807, 2.05) is 24.4 Å². The lowest BCUT2D eigenvalue weighted by molar-refractivity contribution is 0.198. The van der Waals surface area contributed by atoms with E-state index >= 15 is 0 Å². The molecule has 122 valence electrons. The van der Waals surface area contributed by atoms with E-state index in [-0.39, 0.29) is 6.10 Å². The van der Waals surface area contributed by atoms with Crippen molar-refractivity contribution in [1.82, 2.24) is 15.0 Å². The third-order valence-electron chi connectivity index (χ3n) is 3.89. The average Bonchev–Trinajstić information content (AvgIpc) is 3.00. The molecule has 0 aliphatic carbocycles. The minimum atomic E-state index is -0.243. The Morgan fingerprint density at radius 2 is 2.17 bits per heavy atom. The maximum Gasteiger partial charge on any atom is 0.129 e. The summed E-state index contributed by atoms with van der Waals surface area (Å²) in [5.41, 5.74) is 1.82. The summed E-state index contributed by atoms with van der Waals surface area (Å²) in [6, 6.07) is 5.94. The lowest BCUT2D eigenvalue weighted by Crippen LogP contribution is -2.21. The summed E-state index contributed by atoms with van der Waals surface area (Å²) in [6.07, 6.45) is 3.96. The minimum Gasteiger partial charge on any atom is -0.391 e. The monoisotopic (exact) mass is 313 g/mol. The molecule has 2 aromatic heterocycles. The molecule has 1 aliphatic heterocycles. The van der Waals surface area contributed by atoms with Crippen molar-refractivity contribution in [3.8, 4) is 11.3 Å². The van der Waals surface area contributed by atoms with E-state index in [2.05, 4.69) is 39.0 Å². The van der Waals surface area contributed by atoms with Crippen molar-refractivity contribution >= 4 is 11.6 Å². The third kappa shape index (κ3) is 3.96. The molecule has 0 bridgehead atoms. The number of pyridine rings is 1. The summed E-state index contributed by atoms with van der Waals surface area (Å²) < 4.78 is 0. The van der Waals surface area contributed by atoms with E-state index in [0.29, 0.717) is 12.5 Å². The summed E-state index contributed by atoms with van der Waals surface area (Å²) >= 11 is 0. The van der Waals surface area contributed by atoms with Crippen LogP contribution in [0, 0.1) is 5.92 Å². The number of nitrogens with one attached hydrogen (secondary N) is 1. The standard InChI is InChI=1S/C17H23N5O/c1-12(2)8-18-16-7-15(20-11-21-16)13-3-4-17(19-9-13)22-6-5-14(23)10-22/h3-4,7,9,11-12,14,23H,5-6,8,10H2,1-2H3,(H,18,20,21)/t14-/m1/s1. The topological polar surface area (TPSA) is 74.2 Å². The van der Waals surface area contributed by atoms with Crippen molar-refractivity contribution in [1.29, 1.82) is 0 Å². The molecular formula is C17H23N5O. The molecule has 0 amide bonds. The lowest BCUT2D eigenvalue weighted by Gasteiger charge is -2.16. The first-order chi connectivity index (χ1) is 11.1. The molecule has 1 fully saturated rings. The Morgan fingerprint density at radius 3 is 2.83 bits per heavy atom. The molecule has 1 saturated heterocycles. The molecule has 0 unspecified atom stereocenters. The molecule has 2 aromatic rings. The third-order valence-corrected chi connectivity index (χ3v) is 3.89. The molecule has 1 atom stereocenters. The van der Waals surface area contributed by atoms with Gasteiger partial charge in [0, 0.05) is 37.5 Å². The van der Waals surface area contributed by atoms with Crippen molar-refractivity contribution in [3.63, 3.8) is 0 Å². The Morgan fingerprint density at radius 1 is 1.30 bits per heavy atom. The number of nitrogens with zero attached hydrogens (tertiary/aromatic N) is 4. The second kappa shape index (κ2) is 6.91. The normalized spacial score (nSPS) is 17.7. The first-order valence-corrected chi connectivity index (χ1v) is 8.07. The molecule has 23 heavy (non-hydrogen) atoms. The zero-order chi connectivity index (χ0) is 16.2. The minimum absolute atomic E-state index is 0.243. The van der Waals surface area contributed by atoms with Gasteiger partial charge in [0.15, 0.2) is 0 Å². The highest BCUT2D eigenvalue weighted by molar-refractivity contribution is 5.62. The van der Waals surface area contributed by atoms with Gasteiger partial charge in [0.2, 0.25) is 0 Å². The number of aliphatic hydroxyl groups excluding tert-OH is 1. The Balaban J connectivity index is 1.73. The highest BCUT2D eigenvalue weighted by Crippen LogP contribution is 2.23. The molecule has 6 nitrogen and oxygen atoms in total. The van der Waals surface area contributed by atoms with Crippen molar-refractivity contribution in [3.05, 3.63) is 30.7 Å². The van der Waals surface area contributed by atoms with Crippen LogP contribution in [-0.4, -0.2) is 45.8 Å². The maximum absolute atomic E-state index is 9.62. The van der Waals surface area contributed by atoms with Crippen molar-refractivity contribution < 1.29 is 5.11 Å². The van der Waals surface area contributed by atoms with E-state index < -0.39 is 0 Å². The van der Waals surface area contributed by atoms with Crippen molar-refractivity contribution in [2.45, 2.75) is 26.4 Å². The van der Waals surface area contributed by atoms with Crippen LogP contribution in [0.25, 0.3) is 11.3 Å². The summed E-state index contributed by atoms with van der Waals surface area (Å²) in [6.45, 7) is 6.71. The zero-order valence-corrected chi connectivity index (χ0v) is 13.6. The van der Waals surface area contributed by atoms with Gasteiger partial charge < -0.3 is 15.3 Å². The summed E-state index contributed by atoms with van der Waals surface area (Å²) in [5.74, 6) is 2.29. The second-order valence-corrected chi connectivity index (χ2v) is 6.36. The van der Waals surface area contributed by atoms with Crippen LogP contribution in [0.1, 0.15) is 20.3 Å². The number of hydrogen-bond acceptors (Lipinski definition) is 6. The van der Waals surface area contributed by atoms with Gasteiger partial charge in [0.1, 0.15) is 18.0 Å². The van der Waals surface area contributed by atoms with Crippen molar-refractivity contribution in [2.75, 3.05) is 29.9 Å². The van der Waals surface area contributed by atoms with Gasteiger partial charge in [0.05, 0.1) is 11.8 Å². The van der Waals surface area contributed by atoms with Gasteiger partial charge in [-0.25, -0.2) is 15.0 Å². The van der Waals surface area contributed by atoms with Crippen LogP contribution in [-0.2, 0) is 0 Å². The maximum atomic E-state index is 9.62. The van der Waals surface area contributed by atoms with Crippen LogP contribution >= 0.6 is 0 Å². The molecule has 0 spiro atoms. The van der Waals surface area contributed by atoms with E-state index in [4.69, 9.17) is 0 Å². The van der Waals surface area contributed by atoms with Crippen LogP contribution in [0.5, 0.6) is 0 Å². The SMILES string of the molecule is CC(C)CNc1cc(-c2ccc(N3CC[C@@H](O)C3)nc2)ncn1. The molecule has 2 N–H and O–H groups in total. The van der Waals surface area contributed by atoms with Gasteiger partial charge in [-0.05, 0) is 24.5 Å². The van der Waals surface area contributed by atoms with E-state index in [1.54, 1.807) is 6.33 Å². The number of β-amino-alcohol motifs (C(OH)–C–C–N with tert-alkyl or cyclic N) is 1. The first kappa shape index (κ1) is 15.7. The van der Waals surface area contributed by atoms with E-state index in [9.17, 15) is 5.11 Å². The molecule has 0 radical (unpaired) electrons. The van der Waals surface area contributed by atoms with Gasteiger partial charge >= 0.3 is 0 Å². The Bertz CT molecular complexity index is 644. The van der Waals surface area contributed by atoms with Crippen molar-refractivity contribution in [2.24, 2.45) is 5.92 Å².